The molecule has 1 aromatic heterocycles. The topological polar surface area (TPSA) is 134 Å². The number of fused-ring (bicyclic) bond motifs is 1. The number of carboxylic acids is 2. The Hall–Kier alpha value is -1.56. The smallest absolute Gasteiger partial charge is 0.352 e. The summed E-state index contributed by atoms with van der Waals surface area (Å²) < 4.78 is 0.685. The van der Waals surface area contributed by atoms with Crippen LogP contribution in [0.1, 0.15) is 10.6 Å². The zero-order valence-electron chi connectivity index (χ0n) is 13.1. The molecule has 2 aliphatic heterocycles. The second-order valence-corrected chi connectivity index (χ2v) is 8.95. The molecule has 0 unspecified atom stereocenters. The molecule has 0 radical (unpaired) electrons. The van der Waals surface area contributed by atoms with Crippen LogP contribution in [-0.2, 0) is 20.8 Å². The summed E-state index contributed by atoms with van der Waals surface area (Å²) in [6.07, 6.45) is -0.0785. The number of aromatic nitrogens is 1. The predicted molar refractivity (Wildman–Crippen MR) is 94.6 cm³/mol. The molecule has 1 saturated heterocycles. The Kier molecular flexibility index (Phi) is 5.09. The second kappa shape index (κ2) is 6.98. The molecule has 0 spiro atoms. The van der Waals surface area contributed by atoms with E-state index in [-0.39, 0.29) is 23.4 Å². The number of nitrogens with zero attached hydrogens (tertiary/aromatic N) is 2. The molecule has 8 nitrogen and oxygen atoms in total. The first-order chi connectivity index (χ1) is 11.8. The monoisotopic (exact) mass is 401 g/mol. The third kappa shape index (κ3) is 3.41. The Morgan fingerprint density at radius 1 is 1.44 bits per heavy atom. The summed E-state index contributed by atoms with van der Waals surface area (Å²) in [5.41, 5.74) is 7.05. The minimum atomic E-state index is -1.14. The molecule has 2 aliphatic rings. The van der Waals surface area contributed by atoms with Gasteiger partial charge in [-0.25, -0.2) is 9.78 Å². The van der Waals surface area contributed by atoms with Crippen molar-refractivity contribution < 1.29 is 24.6 Å². The molecule has 1 fully saturated rings. The highest BCUT2D eigenvalue weighted by Crippen LogP contribution is 2.41. The number of thioether (sulfide) groups is 2. The van der Waals surface area contributed by atoms with Crippen LogP contribution in [-0.4, -0.2) is 60.9 Å². The molecule has 1 aromatic rings. The standard InChI is InChI=1S/C14H15N3O5S3/c1-5-7(2-8(18)19)25-14(16-5)24-4-6-3-23-12-9(15)11(20)17(12)10(6)13(21)22/h9,12H,2-4,15H2,1H3,(H,18,19)(H,21,22)/t9-,12-/m1/s1. The lowest BCUT2D eigenvalue weighted by Crippen LogP contribution is -2.68. The van der Waals surface area contributed by atoms with Gasteiger partial charge in [0.2, 0.25) is 5.91 Å². The molecule has 25 heavy (non-hydrogen) atoms. The van der Waals surface area contributed by atoms with Gasteiger partial charge in [-0.05, 0) is 12.5 Å². The number of amides is 1. The molecule has 134 valence electrons. The molecular weight excluding hydrogens is 386 g/mol. The largest absolute Gasteiger partial charge is 0.481 e. The fraction of sp³-hybridized carbons (Fsp3) is 0.429. The van der Waals surface area contributed by atoms with Gasteiger partial charge in [0.15, 0.2) is 4.34 Å². The highest BCUT2D eigenvalue weighted by atomic mass is 32.2. The van der Waals surface area contributed by atoms with Crippen LogP contribution in [0.15, 0.2) is 15.6 Å². The molecule has 3 heterocycles. The average Bonchev–Trinajstić information content (AvgIpc) is 2.90. The number of carboxylic acid groups (broad SMARTS) is 2. The summed E-state index contributed by atoms with van der Waals surface area (Å²) in [7, 11) is 0. The normalized spacial score (nSPS) is 22.6. The first kappa shape index (κ1) is 18.2. The van der Waals surface area contributed by atoms with E-state index in [4.69, 9.17) is 10.8 Å². The highest BCUT2D eigenvalue weighted by molar-refractivity contribution is 8.01. The van der Waals surface area contributed by atoms with E-state index in [1.54, 1.807) is 6.92 Å². The molecule has 3 rings (SSSR count). The maximum absolute atomic E-state index is 11.9. The average molecular weight is 401 g/mol. The van der Waals surface area contributed by atoms with Gasteiger partial charge in [0, 0.05) is 16.4 Å². The maximum Gasteiger partial charge on any atom is 0.352 e. The van der Waals surface area contributed by atoms with Crippen LogP contribution < -0.4 is 5.73 Å². The zero-order valence-corrected chi connectivity index (χ0v) is 15.5. The van der Waals surface area contributed by atoms with E-state index < -0.39 is 18.0 Å². The molecule has 1 amide bonds. The van der Waals surface area contributed by atoms with Gasteiger partial charge in [-0.1, -0.05) is 11.8 Å². The summed E-state index contributed by atoms with van der Waals surface area (Å²) in [6, 6.07) is -0.645. The second-order valence-electron chi connectivity index (χ2n) is 5.54. The van der Waals surface area contributed by atoms with Gasteiger partial charge < -0.3 is 15.9 Å². The third-order valence-corrected chi connectivity index (χ3v) is 7.59. The number of rotatable bonds is 6. The Labute approximate surface area is 155 Å². The minimum Gasteiger partial charge on any atom is -0.481 e. The fourth-order valence-electron chi connectivity index (χ4n) is 2.60. The van der Waals surface area contributed by atoms with Crippen molar-refractivity contribution in [3.05, 3.63) is 21.8 Å². The van der Waals surface area contributed by atoms with Crippen molar-refractivity contribution in [1.82, 2.24) is 9.88 Å². The summed E-state index contributed by atoms with van der Waals surface area (Å²) in [5, 5.41) is 18.1. The number of thiazole rings is 1. The lowest BCUT2D eigenvalue weighted by molar-refractivity contribution is -0.147. The van der Waals surface area contributed by atoms with Crippen LogP contribution >= 0.6 is 34.9 Å². The summed E-state index contributed by atoms with van der Waals surface area (Å²) in [4.78, 5) is 40.6. The Morgan fingerprint density at radius 3 is 2.80 bits per heavy atom. The lowest BCUT2D eigenvalue weighted by Gasteiger charge is -2.48. The molecule has 0 bridgehead atoms. The third-order valence-electron chi connectivity index (χ3n) is 3.85. The van der Waals surface area contributed by atoms with E-state index in [0.717, 1.165) is 0 Å². The Morgan fingerprint density at radius 2 is 2.16 bits per heavy atom. The van der Waals surface area contributed by atoms with E-state index >= 15 is 0 Å². The van der Waals surface area contributed by atoms with E-state index in [1.165, 1.54) is 39.8 Å². The van der Waals surface area contributed by atoms with Crippen molar-refractivity contribution in [1.29, 1.82) is 0 Å². The van der Waals surface area contributed by atoms with Crippen LogP contribution in [0.5, 0.6) is 0 Å². The van der Waals surface area contributed by atoms with E-state index in [9.17, 15) is 19.5 Å². The highest BCUT2D eigenvalue weighted by Gasteiger charge is 2.51. The van der Waals surface area contributed by atoms with Gasteiger partial charge in [-0.15, -0.1) is 23.1 Å². The van der Waals surface area contributed by atoms with Crippen LogP contribution in [0.4, 0.5) is 0 Å². The summed E-state index contributed by atoms with van der Waals surface area (Å²) >= 11 is 4.10. The van der Waals surface area contributed by atoms with Gasteiger partial charge >= 0.3 is 11.9 Å². The van der Waals surface area contributed by atoms with Crippen molar-refractivity contribution in [3.63, 3.8) is 0 Å². The number of carbonyl (C=O) groups is 3. The number of hydrogen-bond acceptors (Lipinski definition) is 8. The lowest BCUT2D eigenvalue weighted by atomic mass is 10.0. The fourth-order valence-corrected chi connectivity index (χ4v) is 6.26. The van der Waals surface area contributed by atoms with Crippen molar-refractivity contribution >= 4 is 52.7 Å². The summed E-state index contributed by atoms with van der Waals surface area (Å²) in [6.45, 7) is 1.75. The van der Waals surface area contributed by atoms with Crippen molar-refractivity contribution in [3.8, 4) is 0 Å². The molecule has 2 atom stereocenters. The SMILES string of the molecule is Cc1nc(SCC2=C(C(=O)O)N3C(=O)[C@@H](N)[C@H]3SC2)sc1CC(=O)O. The first-order valence-corrected chi connectivity index (χ1v) is 10.1. The molecule has 4 N–H and O–H groups in total. The first-order valence-electron chi connectivity index (χ1n) is 7.26. The zero-order chi connectivity index (χ0) is 18.3. The Bertz CT molecular complexity index is 791. The summed E-state index contributed by atoms with van der Waals surface area (Å²) in [5.74, 6) is -1.56. The van der Waals surface area contributed by atoms with Gasteiger partial charge in [0.05, 0.1) is 12.1 Å². The quantitative estimate of drug-likeness (QED) is 0.466. The molecule has 11 heteroatoms. The Balaban J connectivity index is 1.76. The maximum atomic E-state index is 11.9. The molecule has 0 saturated carbocycles. The number of hydrogen-bond donors (Lipinski definition) is 3. The molecular formula is C14H15N3O5S3. The molecule has 0 aromatic carbocycles. The van der Waals surface area contributed by atoms with Crippen LogP contribution in [0, 0.1) is 6.92 Å². The van der Waals surface area contributed by atoms with Gasteiger partial charge in [-0.2, -0.15) is 0 Å². The minimum absolute atomic E-state index is 0.0157. The van der Waals surface area contributed by atoms with Crippen LogP contribution in [0.3, 0.4) is 0 Å². The van der Waals surface area contributed by atoms with E-state index in [1.807, 2.05) is 0 Å². The van der Waals surface area contributed by atoms with E-state index in [0.29, 0.717) is 32.0 Å². The number of aryl methyl sites for hydroxylation is 1. The van der Waals surface area contributed by atoms with Gasteiger partial charge in [0.25, 0.3) is 0 Å². The van der Waals surface area contributed by atoms with Crippen molar-refractivity contribution in [2.75, 3.05) is 11.5 Å². The van der Waals surface area contributed by atoms with Gasteiger partial charge in [-0.3, -0.25) is 14.5 Å². The predicted octanol–water partition coefficient (Wildman–Crippen LogP) is 0.752. The van der Waals surface area contributed by atoms with Crippen molar-refractivity contribution in [2.24, 2.45) is 5.73 Å². The van der Waals surface area contributed by atoms with Crippen molar-refractivity contribution in [2.45, 2.75) is 29.1 Å². The van der Waals surface area contributed by atoms with Gasteiger partial charge in [0.1, 0.15) is 17.1 Å². The number of nitrogens with two attached hydrogens (primary N) is 1. The van der Waals surface area contributed by atoms with E-state index in [2.05, 4.69) is 4.98 Å². The van der Waals surface area contributed by atoms with Crippen LogP contribution in [0.2, 0.25) is 0 Å². The molecule has 0 aliphatic carbocycles. The van der Waals surface area contributed by atoms with Crippen LogP contribution in [0.25, 0.3) is 0 Å². The number of carbonyl (C=O) groups excluding carboxylic acids is 1. The number of aliphatic carboxylic acids is 2. The number of β-lactam (4-membered cyclic amide) rings is 1.